The summed E-state index contributed by atoms with van der Waals surface area (Å²) in [5.41, 5.74) is 2.31. The predicted molar refractivity (Wildman–Crippen MR) is 93.0 cm³/mol. The summed E-state index contributed by atoms with van der Waals surface area (Å²) in [5.74, 6) is -0.333. The largest absolute Gasteiger partial charge is 0.319 e. The number of rotatable bonds is 2. The van der Waals surface area contributed by atoms with Gasteiger partial charge in [-0.2, -0.15) is 10.1 Å². The Kier molecular flexibility index (Phi) is 4.12. The Labute approximate surface area is 142 Å². The van der Waals surface area contributed by atoms with Crippen molar-refractivity contribution in [3.05, 3.63) is 45.5 Å². The van der Waals surface area contributed by atoms with E-state index >= 15 is 0 Å². The van der Waals surface area contributed by atoms with E-state index < -0.39 is 0 Å². The lowest BCUT2D eigenvalue weighted by atomic mass is 10.3. The molecule has 0 atom stereocenters. The summed E-state index contributed by atoms with van der Waals surface area (Å²) in [6.45, 7) is 5.99. The minimum atomic E-state index is -0.333. The Morgan fingerprint density at radius 2 is 2.09 bits per heavy atom. The maximum atomic E-state index is 12.4. The van der Waals surface area contributed by atoms with E-state index in [1.807, 2.05) is 55.3 Å². The Bertz CT molecular complexity index is 964. The topological polar surface area (TPSA) is 52.2 Å². The number of carbonyl (C=O) groups excluding carboxylic acids is 1. The van der Waals surface area contributed by atoms with E-state index in [4.69, 9.17) is 11.6 Å². The average Bonchev–Trinajstić information content (AvgIpc) is 3.00. The summed E-state index contributed by atoms with van der Waals surface area (Å²) in [6, 6.07) is 7.61. The minimum Gasteiger partial charge on any atom is -0.319 e. The number of aryl methyl sites for hydroxylation is 2. The molecule has 0 aliphatic heterocycles. The molecule has 0 unspecified atom stereocenters. The van der Waals surface area contributed by atoms with Gasteiger partial charge in [-0.15, -0.1) is 0 Å². The third-order valence-corrected chi connectivity index (χ3v) is 4.93. The van der Waals surface area contributed by atoms with Crippen LogP contribution >= 0.6 is 22.9 Å². The highest BCUT2D eigenvalue weighted by molar-refractivity contribution is 7.16. The zero-order chi connectivity index (χ0) is 16.7. The molecule has 0 bridgehead atoms. The Morgan fingerprint density at radius 1 is 1.35 bits per heavy atom. The molecular formula is C16H17ClN4OS. The second-order valence-electron chi connectivity index (χ2n) is 5.68. The lowest BCUT2D eigenvalue weighted by Crippen LogP contribution is -2.14. The molecule has 3 aromatic rings. The lowest BCUT2D eigenvalue weighted by molar-refractivity contribution is 0.0992. The van der Waals surface area contributed by atoms with Crippen molar-refractivity contribution in [2.45, 2.75) is 26.8 Å². The number of aromatic nitrogens is 3. The fourth-order valence-electron chi connectivity index (χ4n) is 2.47. The van der Waals surface area contributed by atoms with Gasteiger partial charge in [0.15, 0.2) is 10.5 Å². The molecule has 2 heterocycles. The molecule has 23 heavy (non-hydrogen) atoms. The number of amides is 1. The summed E-state index contributed by atoms with van der Waals surface area (Å²) in [4.78, 5) is 17.3. The summed E-state index contributed by atoms with van der Waals surface area (Å²) >= 11 is 7.45. The first-order valence-electron chi connectivity index (χ1n) is 7.27. The van der Waals surface area contributed by atoms with Crippen molar-refractivity contribution in [3.63, 3.8) is 0 Å². The average molecular weight is 349 g/mol. The summed E-state index contributed by atoms with van der Waals surface area (Å²) in [6.07, 6.45) is 0. The van der Waals surface area contributed by atoms with Crippen LogP contribution in [0.2, 0.25) is 5.02 Å². The molecule has 0 saturated heterocycles. The second kappa shape index (κ2) is 5.94. The molecule has 0 radical (unpaired) electrons. The van der Waals surface area contributed by atoms with Crippen molar-refractivity contribution in [2.24, 2.45) is 12.0 Å². The first-order valence-corrected chi connectivity index (χ1v) is 8.46. The molecule has 0 aliphatic carbocycles. The number of benzene rings is 1. The lowest BCUT2D eigenvalue weighted by Gasteiger charge is -2.06. The highest BCUT2D eigenvalue weighted by atomic mass is 35.5. The van der Waals surface area contributed by atoms with Gasteiger partial charge in [0.05, 0.1) is 10.2 Å². The Balaban J connectivity index is 2.06. The van der Waals surface area contributed by atoms with E-state index in [0.717, 1.165) is 15.9 Å². The van der Waals surface area contributed by atoms with Crippen LogP contribution in [0.4, 0.5) is 0 Å². The number of hydrogen-bond acceptors (Lipinski definition) is 3. The van der Waals surface area contributed by atoms with Crippen LogP contribution in [0.5, 0.6) is 0 Å². The standard InChI is InChI=1S/C16H17ClN4OS/c1-9(2)21-10(3)7-12(19-21)15(22)18-16-20(4)13-6-5-11(17)8-14(13)23-16/h5-9H,1-4H3. The van der Waals surface area contributed by atoms with Crippen molar-refractivity contribution in [3.8, 4) is 0 Å². The molecule has 0 saturated carbocycles. The monoisotopic (exact) mass is 348 g/mol. The van der Waals surface area contributed by atoms with Gasteiger partial charge < -0.3 is 4.57 Å². The van der Waals surface area contributed by atoms with Crippen LogP contribution in [0.1, 0.15) is 36.1 Å². The van der Waals surface area contributed by atoms with Crippen molar-refractivity contribution >= 4 is 39.1 Å². The number of halogens is 1. The van der Waals surface area contributed by atoms with Gasteiger partial charge in [-0.05, 0) is 45.0 Å². The third-order valence-electron chi connectivity index (χ3n) is 3.60. The van der Waals surface area contributed by atoms with E-state index in [1.54, 1.807) is 6.07 Å². The van der Waals surface area contributed by atoms with Crippen LogP contribution in [-0.2, 0) is 7.05 Å². The highest BCUT2D eigenvalue weighted by Crippen LogP contribution is 2.21. The summed E-state index contributed by atoms with van der Waals surface area (Å²) in [7, 11) is 1.89. The van der Waals surface area contributed by atoms with Crippen LogP contribution in [-0.4, -0.2) is 20.3 Å². The predicted octanol–water partition coefficient (Wildman–Crippen LogP) is 3.72. The van der Waals surface area contributed by atoms with Gasteiger partial charge in [0.25, 0.3) is 5.91 Å². The molecule has 5 nitrogen and oxygen atoms in total. The zero-order valence-corrected chi connectivity index (χ0v) is 14.9. The maximum absolute atomic E-state index is 12.4. The molecule has 0 N–H and O–H groups in total. The first-order chi connectivity index (χ1) is 10.9. The Hall–Kier alpha value is -1.92. The van der Waals surface area contributed by atoms with Gasteiger partial charge in [0.2, 0.25) is 0 Å². The normalized spacial score (nSPS) is 12.5. The van der Waals surface area contributed by atoms with Gasteiger partial charge in [-0.1, -0.05) is 22.9 Å². The fraction of sp³-hybridized carbons (Fsp3) is 0.312. The number of thiazole rings is 1. The van der Waals surface area contributed by atoms with Crippen LogP contribution in [0.3, 0.4) is 0 Å². The number of carbonyl (C=O) groups is 1. The van der Waals surface area contributed by atoms with Crippen LogP contribution < -0.4 is 4.80 Å². The molecule has 1 amide bonds. The SMILES string of the molecule is Cc1cc(C(=O)N=c2sc3cc(Cl)ccc3n2C)nn1C(C)C. The smallest absolute Gasteiger partial charge is 0.300 e. The quantitative estimate of drug-likeness (QED) is 0.708. The molecule has 120 valence electrons. The van der Waals surface area contributed by atoms with Gasteiger partial charge >= 0.3 is 0 Å². The summed E-state index contributed by atoms with van der Waals surface area (Å²) < 4.78 is 4.71. The van der Waals surface area contributed by atoms with Crippen molar-refractivity contribution in [1.82, 2.24) is 14.3 Å². The molecule has 7 heteroatoms. The number of hydrogen-bond donors (Lipinski definition) is 0. The number of nitrogens with zero attached hydrogens (tertiary/aromatic N) is 4. The van der Waals surface area contributed by atoms with Crippen molar-refractivity contribution < 1.29 is 4.79 Å². The van der Waals surface area contributed by atoms with E-state index in [1.165, 1.54) is 11.3 Å². The maximum Gasteiger partial charge on any atom is 0.300 e. The Morgan fingerprint density at radius 3 is 2.74 bits per heavy atom. The number of fused-ring (bicyclic) bond motifs is 1. The van der Waals surface area contributed by atoms with Gasteiger partial charge in [-0.25, -0.2) is 0 Å². The van der Waals surface area contributed by atoms with Crippen molar-refractivity contribution in [1.29, 1.82) is 0 Å². The zero-order valence-electron chi connectivity index (χ0n) is 13.4. The van der Waals surface area contributed by atoms with E-state index in [0.29, 0.717) is 15.5 Å². The van der Waals surface area contributed by atoms with Crippen LogP contribution in [0.25, 0.3) is 10.2 Å². The molecule has 0 spiro atoms. The summed E-state index contributed by atoms with van der Waals surface area (Å²) in [5, 5.41) is 5.02. The molecule has 2 aromatic heterocycles. The molecular weight excluding hydrogens is 332 g/mol. The highest BCUT2D eigenvalue weighted by Gasteiger charge is 2.14. The minimum absolute atomic E-state index is 0.208. The van der Waals surface area contributed by atoms with Gasteiger partial charge in [-0.3, -0.25) is 9.48 Å². The molecule has 0 aliphatic rings. The molecule has 0 fully saturated rings. The van der Waals surface area contributed by atoms with E-state index in [9.17, 15) is 4.79 Å². The second-order valence-corrected chi connectivity index (χ2v) is 7.13. The van der Waals surface area contributed by atoms with Crippen LogP contribution in [0.15, 0.2) is 29.3 Å². The third kappa shape index (κ3) is 2.96. The van der Waals surface area contributed by atoms with Gasteiger partial charge in [0, 0.05) is 23.8 Å². The van der Waals surface area contributed by atoms with Crippen LogP contribution in [0, 0.1) is 6.92 Å². The van der Waals surface area contributed by atoms with E-state index in [-0.39, 0.29) is 11.9 Å². The van der Waals surface area contributed by atoms with Crippen molar-refractivity contribution in [2.75, 3.05) is 0 Å². The van der Waals surface area contributed by atoms with E-state index in [2.05, 4.69) is 10.1 Å². The fourth-order valence-corrected chi connectivity index (χ4v) is 3.77. The molecule has 3 rings (SSSR count). The van der Waals surface area contributed by atoms with Gasteiger partial charge in [0.1, 0.15) is 0 Å². The first kappa shape index (κ1) is 16.0. The molecule has 1 aromatic carbocycles.